The molecule has 132 valence electrons. The van der Waals surface area contributed by atoms with Crippen molar-refractivity contribution in [2.45, 2.75) is 38.3 Å². The summed E-state index contributed by atoms with van der Waals surface area (Å²) in [5.74, 6) is -0.214. The third kappa shape index (κ3) is 3.66. The van der Waals surface area contributed by atoms with Crippen LogP contribution in [0, 0.1) is 6.92 Å². The highest BCUT2D eigenvalue weighted by atomic mass is 32.1. The molecule has 2 N–H and O–H groups in total. The Bertz CT molecular complexity index is 768. The van der Waals surface area contributed by atoms with Gasteiger partial charge in [0.05, 0.1) is 16.1 Å². The smallest absolute Gasteiger partial charge is 0.405 e. The Morgan fingerprint density at radius 3 is 2.48 bits per heavy atom. The first-order valence-corrected chi connectivity index (χ1v) is 9.12. The standard InChI is InChI=1S/C18H21N3O3S/c1-11-16(25-10-19-11)13-8-6-12(7-9-13)15(20-18(23)24)17(22)21(2)14-4-3-5-14/h6-10,14-15,20H,3-5H2,1-2H3,(H,23,24). The second-order valence-corrected chi connectivity index (χ2v) is 7.16. The fourth-order valence-corrected chi connectivity index (χ4v) is 3.79. The molecule has 1 aliphatic rings. The summed E-state index contributed by atoms with van der Waals surface area (Å²) in [6.45, 7) is 1.95. The lowest BCUT2D eigenvalue weighted by Crippen LogP contribution is -2.47. The molecule has 0 aliphatic heterocycles. The van der Waals surface area contributed by atoms with Crippen molar-refractivity contribution in [2.24, 2.45) is 0 Å². The summed E-state index contributed by atoms with van der Waals surface area (Å²) in [4.78, 5) is 30.9. The van der Waals surface area contributed by atoms with E-state index in [0.29, 0.717) is 5.56 Å². The number of hydrogen-bond donors (Lipinski definition) is 2. The molecular formula is C18H21N3O3S. The lowest BCUT2D eigenvalue weighted by Gasteiger charge is -2.36. The number of aromatic nitrogens is 1. The van der Waals surface area contributed by atoms with E-state index in [-0.39, 0.29) is 11.9 Å². The number of benzene rings is 1. The second kappa shape index (κ2) is 7.23. The lowest BCUT2D eigenvalue weighted by molar-refractivity contribution is -0.135. The maximum absolute atomic E-state index is 12.8. The van der Waals surface area contributed by atoms with E-state index in [0.717, 1.165) is 35.4 Å². The maximum atomic E-state index is 12.8. The fraction of sp³-hybridized carbons (Fsp3) is 0.389. The zero-order chi connectivity index (χ0) is 18.0. The number of rotatable bonds is 5. The molecule has 0 saturated heterocycles. The third-order valence-corrected chi connectivity index (χ3v) is 5.71. The molecule has 1 aliphatic carbocycles. The minimum atomic E-state index is -1.21. The number of carboxylic acid groups (broad SMARTS) is 1. The number of aryl methyl sites for hydroxylation is 1. The van der Waals surface area contributed by atoms with Crippen molar-refractivity contribution in [1.82, 2.24) is 15.2 Å². The van der Waals surface area contributed by atoms with Gasteiger partial charge in [0.2, 0.25) is 5.91 Å². The molecule has 0 radical (unpaired) electrons. The molecule has 1 saturated carbocycles. The molecule has 6 nitrogen and oxygen atoms in total. The van der Waals surface area contributed by atoms with Crippen LogP contribution in [-0.2, 0) is 4.79 Å². The van der Waals surface area contributed by atoms with Crippen molar-refractivity contribution in [3.8, 4) is 10.4 Å². The first kappa shape index (κ1) is 17.4. The molecule has 0 spiro atoms. The fourth-order valence-electron chi connectivity index (χ4n) is 2.97. The molecule has 2 aromatic rings. The predicted molar refractivity (Wildman–Crippen MR) is 96.6 cm³/mol. The highest BCUT2D eigenvalue weighted by molar-refractivity contribution is 7.13. The van der Waals surface area contributed by atoms with Gasteiger partial charge in [-0.1, -0.05) is 24.3 Å². The van der Waals surface area contributed by atoms with Crippen molar-refractivity contribution in [1.29, 1.82) is 0 Å². The Hall–Kier alpha value is -2.41. The molecule has 1 aromatic heterocycles. The summed E-state index contributed by atoms with van der Waals surface area (Å²) in [5, 5.41) is 11.5. The average Bonchev–Trinajstić information content (AvgIpc) is 2.96. The van der Waals surface area contributed by atoms with Crippen LogP contribution in [0.5, 0.6) is 0 Å². The zero-order valence-corrected chi connectivity index (χ0v) is 15.0. The third-order valence-electron chi connectivity index (χ3n) is 4.74. The minimum Gasteiger partial charge on any atom is -0.465 e. The molecule has 1 unspecified atom stereocenters. The summed E-state index contributed by atoms with van der Waals surface area (Å²) in [5.41, 5.74) is 4.41. The van der Waals surface area contributed by atoms with Crippen molar-refractivity contribution >= 4 is 23.3 Å². The van der Waals surface area contributed by atoms with Gasteiger partial charge < -0.3 is 15.3 Å². The summed E-state index contributed by atoms with van der Waals surface area (Å²) >= 11 is 1.56. The summed E-state index contributed by atoms with van der Waals surface area (Å²) < 4.78 is 0. The van der Waals surface area contributed by atoms with E-state index in [1.165, 1.54) is 0 Å². The van der Waals surface area contributed by atoms with Crippen LogP contribution >= 0.6 is 11.3 Å². The number of thiazole rings is 1. The maximum Gasteiger partial charge on any atom is 0.405 e. The van der Waals surface area contributed by atoms with E-state index in [1.807, 2.05) is 31.2 Å². The molecule has 7 heteroatoms. The van der Waals surface area contributed by atoms with E-state index >= 15 is 0 Å². The lowest BCUT2D eigenvalue weighted by atomic mass is 9.91. The molecule has 1 fully saturated rings. The molecule has 3 rings (SSSR count). The molecule has 0 bridgehead atoms. The van der Waals surface area contributed by atoms with Crippen LogP contribution in [0.4, 0.5) is 4.79 Å². The van der Waals surface area contributed by atoms with E-state index in [9.17, 15) is 9.59 Å². The average molecular weight is 359 g/mol. The van der Waals surface area contributed by atoms with Crippen LogP contribution < -0.4 is 5.32 Å². The minimum absolute atomic E-state index is 0.213. The van der Waals surface area contributed by atoms with Crippen molar-refractivity contribution in [3.63, 3.8) is 0 Å². The van der Waals surface area contributed by atoms with Crippen molar-refractivity contribution in [3.05, 3.63) is 41.0 Å². The van der Waals surface area contributed by atoms with Gasteiger partial charge in [0, 0.05) is 13.1 Å². The van der Waals surface area contributed by atoms with Gasteiger partial charge in [0.25, 0.3) is 0 Å². The molecule has 1 heterocycles. The molecule has 1 aromatic carbocycles. The van der Waals surface area contributed by atoms with Gasteiger partial charge in [0.15, 0.2) is 0 Å². The van der Waals surface area contributed by atoms with Crippen LogP contribution in [0.3, 0.4) is 0 Å². The Kier molecular flexibility index (Phi) is 5.03. The predicted octanol–water partition coefficient (Wildman–Crippen LogP) is 3.44. The van der Waals surface area contributed by atoms with Gasteiger partial charge in [-0.2, -0.15) is 0 Å². The first-order chi connectivity index (χ1) is 12.0. The zero-order valence-electron chi connectivity index (χ0n) is 14.2. The Balaban J connectivity index is 1.84. The number of carbonyl (C=O) groups excluding carboxylic acids is 1. The molecular weight excluding hydrogens is 338 g/mol. The number of likely N-dealkylation sites (N-methyl/N-ethyl adjacent to an activating group) is 1. The van der Waals surface area contributed by atoms with Crippen molar-refractivity contribution in [2.75, 3.05) is 7.05 Å². The molecule has 2 amide bonds. The topological polar surface area (TPSA) is 82.5 Å². The van der Waals surface area contributed by atoms with E-state index in [1.54, 1.807) is 28.8 Å². The van der Waals surface area contributed by atoms with E-state index in [2.05, 4.69) is 10.3 Å². The quantitative estimate of drug-likeness (QED) is 0.857. The summed E-state index contributed by atoms with van der Waals surface area (Å²) in [6.07, 6.45) is 1.86. The number of nitrogens with one attached hydrogen (secondary N) is 1. The monoisotopic (exact) mass is 359 g/mol. The van der Waals surface area contributed by atoms with Gasteiger partial charge >= 0.3 is 6.09 Å². The van der Waals surface area contributed by atoms with Crippen molar-refractivity contribution < 1.29 is 14.7 Å². The van der Waals surface area contributed by atoms with Crippen LogP contribution in [0.2, 0.25) is 0 Å². The van der Waals surface area contributed by atoms with Crippen LogP contribution in [0.15, 0.2) is 29.8 Å². The summed E-state index contributed by atoms with van der Waals surface area (Å²) in [7, 11) is 1.75. The number of nitrogens with zero attached hydrogens (tertiary/aromatic N) is 2. The number of hydrogen-bond acceptors (Lipinski definition) is 4. The highest BCUT2D eigenvalue weighted by Gasteiger charge is 2.32. The van der Waals surface area contributed by atoms with Gasteiger partial charge in [-0.05, 0) is 37.3 Å². The molecule has 25 heavy (non-hydrogen) atoms. The first-order valence-electron chi connectivity index (χ1n) is 8.24. The Labute approximate surface area is 150 Å². The van der Waals surface area contributed by atoms with Gasteiger partial charge in [-0.15, -0.1) is 11.3 Å². The SMILES string of the molecule is Cc1ncsc1-c1ccc(C(NC(=O)O)C(=O)N(C)C2CCC2)cc1. The largest absolute Gasteiger partial charge is 0.465 e. The van der Waals surface area contributed by atoms with E-state index < -0.39 is 12.1 Å². The van der Waals surface area contributed by atoms with Crippen LogP contribution in [-0.4, -0.2) is 40.1 Å². The van der Waals surface area contributed by atoms with Crippen LogP contribution in [0.25, 0.3) is 10.4 Å². The van der Waals surface area contributed by atoms with Crippen LogP contribution in [0.1, 0.15) is 36.6 Å². The van der Waals surface area contributed by atoms with Gasteiger partial charge in [-0.25, -0.2) is 9.78 Å². The van der Waals surface area contributed by atoms with Gasteiger partial charge in [0.1, 0.15) is 6.04 Å². The highest BCUT2D eigenvalue weighted by Crippen LogP contribution is 2.30. The number of amides is 2. The number of carbonyl (C=O) groups is 2. The Morgan fingerprint density at radius 1 is 1.32 bits per heavy atom. The Morgan fingerprint density at radius 2 is 2.00 bits per heavy atom. The second-order valence-electron chi connectivity index (χ2n) is 6.31. The molecule has 1 atom stereocenters. The normalized spacial score (nSPS) is 15.3. The summed E-state index contributed by atoms with van der Waals surface area (Å²) in [6, 6.07) is 6.75. The van der Waals surface area contributed by atoms with Gasteiger partial charge in [-0.3, -0.25) is 4.79 Å². The van der Waals surface area contributed by atoms with E-state index in [4.69, 9.17) is 5.11 Å².